The number of amides is 2. The largest absolute Gasteiger partial charge is 0.375 e. The van der Waals surface area contributed by atoms with Gasteiger partial charge in [-0.15, -0.1) is 0 Å². The Hall–Kier alpha value is -1.80. The first-order valence-electron chi connectivity index (χ1n) is 6.73. The predicted molar refractivity (Wildman–Crippen MR) is 80.3 cm³/mol. The van der Waals surface area contributed by atoms with Crippen LogP contribution in [0.5, 0.6) is 0 Å². The first-order valence-corrected chi connectivity index (χ1v) is 6.73. The van der Waals surface area contributed by atoms with E-state index in [-0.39, 0.29) is 36.6 Å². The molecule has 2 amide bonds. The molecule has 0 rings (SSSR count). The Kier molecular flexibility index (Phi) is 13.2. The average molecular weight is 318 g/mol. The smallest absolute Gasteiger partial charge is 0.246 e. The Bertz CT molecular complexity index is 348. The van der Waals surface area contributed by atoms with Gasteiger partial charge in [-0.25, -0.2) is 0 Å². The van der Waals surface area contributed by atoms with E-state index in [0.29, 0.717) is 0 Å². The Morgan fingerprint density at radius 3 is 1.23 bits per heavy atom. The van der Waals surface area contributed by atoms with E-state index >= 15 is 0 Å². The van der Waals surface area contributed by atoms with E-state index in [4.69, 9.17) is 0 Å². The Balaban J connectivity index is 0. The van der Waals surface area contributed by atoms with Crippen molar-refractivity contribution in [2.24, 2.45) is 0 Å². The number of Topliss-reactive ketones (excluding diaryl/α,β-unsaturated/α-hetero) is 2. The molecule has 0 saturated carbocycles. The molecule has 0 aliphatic rings. The highest BCUT2D eigenvalue weighted by molar-refractivity contribution is 5.88. The molecule has 0 fully saturated rings. The monoisotopic (exact) mass is 318 g/mol. The van der Waals surface area contributed by atoms with Crippen LogP contribution >= 0.6 is 0 Å². The van der Waals surface area contributed by atoms with Crippen LogP contribution in [0.1, 0.15) is 27.7 Å². The summed E-state index contributed by atoms with van der Waals surface area (Å²) in [5.41, 5.74) is 0. The minimum absolute atomic E-state index is 0.00236. The summed E-state index contributed by atoms with van der Waals surface area (Å²) < 4.78 is 9.12. The van der Waals surface area contributed by atoms with Gasteiger partial charge in [0.25, 0.3) is 0 Å². The minimum atomic E-state index is -0.419. The van der Waals surface area contributed by atoms with E-state index < -0.39 is 12.1 Å². The molecule has 0 radical (unpaired) electrons. The van der Waals surface area contributed by atoms with Crippen LogP contribution in [0.4, 0.5) is 0 Å². The van der Waals surface area contributed by atoms with E-state index in [1.54, 1.807) is 13.8 Å². The zero-order valence-corrected chi connectivity index (χ0v) is 14.0. The van der Waals surface area contributed by atoms with Gasteiger partial charge in [-0.1, -0.05) is 0 Å². The van der Waals surface area contributed by atoms with Gasteiger partial charge in [-0.3, -0.25) is 19.2 Å². The molecule has 8 nitrogen and oxygen atoms in total. The second kappa shape index (κ2) is 12.9. The molecule has 0 aliphatic heterocycles. The van der Waals surface area contributed by atoms with Crippen molar-refractivity contribution in [3.8, 4) is 0 Å². The standard InChI is InChI=1S/2C7H13NO3/c2*1-5(6(2)9)8-7(10)4-11-3/h2*5H,4H2,1-3H3,(H,8,10). The van der Waals surface area contributed by atoms with Crippen molar-refractivity contribution in [1.29, 1.82) is 0 Å². The lowest BCUT2D eigenvalue weighted by Gasteiger charge is -2.08. The second-order valence-electron chi connectivity index (χ2n) is 4.67. The van der Waals surface area contributed by atoms with Crippen molar-refractivity contribution in [2.45, 2.75) is 39.8 Å². The number of hydrogen-bond acceptors (Lipinski definition) is 6. The fourth-order valence-corrected chi connectivity index (χ4v) is 1.03. The van der Waals surface area contributed by atoms with Crippen molar-refractivity contribution in [3.63, 3.8) is 0 Å². The molecule has 0 spiro atoms. The third kappa shape index (κ3) is 13.2. The van der Waals surface area contributed by atoms with Crippen molar-refractivity contribution in [3.05, 3.63) is 0 Å². The van der Waals surface area contributed by atoms with Gasteiger partial charge in [0.1, 0.15) is 13.2 Å². The zero-order valence-electron chi connectivity index (χ0n) is 14.0. The number of ether oxygens (including phenoxy) is 2. The zero-order chi connectivity index (χ0) is 17.7. The summed E-state index contributed by atoms with van der Waals surface area (Å²) in [5.74, 6) is -0.658. The van der Waals surface area contributed by atoms with Crippen molar-refractivity contribution in [1.82, 2.24) is 10.6 Å². The van der Waals surface area contributed by atoms with Crippen molar-refractivity contribution in [2.75, 3.05) is 27.4 Å². The Morgan fingerprint density at radius 2 is 1.05 bits per heavy atom. The molecule has 0 bridgehead atoms. The third-order valence-electron chi connectivity index (χ3n) is 2.53. The van der Waals surface area contributed by atoms with Crippen LogP contribution in [0.3, 0.4) is 0 Å². The number of rotatable bonds is 8. The van der Waals surface area contributed by atoms with Crippen LogP contribution in [0.15, 0.2) is 0 Å². The molecule has 0 aliphatic carbocycles. The average Bonchev–Trinajstić information content (AvgIpc) is 2.39. The van der Waals surface area contributed by atoms with E-state index in [1.807, 2.05) is 0 Å². The predicted octanol–water partition coefficient (Wildman–Crippen LogP) is -0.547. The maximum Gasteiger partial charge on any atom is 0.246 e. The van der Waals surface area contributed by atoms with E-state index in [2.05, 4.69) is 20.1 Å². The van der Waals surface area contributed by atoms with Crippen molar-refractivity contribution < 1.29 is 28.7 Å². The molecule has 22 heavy (non-hydrogen) atoms. The molecule has 0 saturated heterocycles. The van der Waals surface area contributed by atoms with Gasteiger partial charge in [0.15, 0.2) is 11.6 Å². The molecule has 0 aromatic heterocycles. The molecular weight excluding hydrogens is 292 g/mol. The first-order chi connectivity index (χ1) is 10.1. The van der Waals surface area contributed by atoms with E-state index in [0.717, 1.165) is 0 Å². The third-order valence-corrected chi connectivity index (χ3v) is 2.53. The second-order valence-corrected chi connectivity index (χ2v) is 4.67. The summed E-state index contributed by atoms with van der Waals surface area (Å²) in [6.07, 6.45) is 0. The number of methoxy groups -OCH3 is 2. The number of carbonyl (C=O) groups is 4. The summed E-state index contributed by atoms with van der Waals surface area (Å²) in [7, 11) is 2.86. The molecule has 0 aromatic rings. The molecule has 0 heterocycles. The number of nitrogens with one attached hydrogen (secondary N) is 2. The molecule has 2 N–H and O–H groups in total. The normalized spacial score (nSPS) is 12.3. The summed E-state index contributed by atoms with van der Waals surface area (Å²) in [6.45, 7) is 6.12. The summed E-state index contributed by atoms with van der Waals surface area (Å²) in [4.78, 5) is 42.8. The maximum atomic E-state index is 10.8. The number of ketones is 2. The fraction of sp³-hybridized carbons (Fsp3) is 0.714. The number of carbonyl (C=O) groups excluding carboxylic acids is 4. The lowest BCUT2D eigenvalue weighted by Crippen LogP contribution is -2.39. The molecular formula is C14H26N2O6. The topological polar surface area (TPSA) is 111 Å². The fourth-order valence-electron chi connectivity index (χ4n) is 1.03. The highest BCUT2D eigenvalue weighted by atomic mass is 16.5. The van der Waals surface area contributed by atoms with Crippen LogP contribution in [0, 0.1) is 0 Å². The summed E-state index contributed by atoms with van der Waals surface area (Å²) >= 11 is 0. The van der Waals surface area contributed by atoms with Gasteiger partial charge in [0.05, 0.1) is 12.1 Å². The molecule has 2 unspecified atom stereocenters. The first kappa shape index (κ1) is 22.5. The van der Waals surface area contributed by atoms with Gasteiger partial charge in [0.2, 0.25) is 11.8 Å². The Labute approximate surface area is 130 Å². The van der Waals surface area contributed by atoms with Crippen LogP contribution in [-0.2, 0) is 28.7 Å². The van der Waals surface area contributed by atoms with Crippen LogP contribution < -0.4 is 10.6 Å². The van der Waals surface area contributed by atoms with Crippen molar-refractivity contribution >= 4 is 23.4 Å². The van der Waals surface area contributed by atoms with Gasteiger partial charge in [-0.05, 0) is 27.7 Å². The van der Waals surface area contributed by atoms with E-state index in [9.17, 15) is 19.2 Å². The quantitative estimate of drug-likeness (QED) is 0.621. The molecule has 8 heteroatoms. The van der Waals surface area contributed by atoms with Gasteiger partial charge in [-0.2, -0.15) is 0 Å². The van der Waals surface area contributed by atoms with Gasteiger partial charge < -0.3 is 20.1 Å². The van der Waals surface area contributed by atoms with Crippen LogP contribution in [0.25, 0.3) is 0 Å². The number of hydrogen-bond donors (Lipinski definition) is 2. The highest BCUT2D eigenvalue weighted by Crippen LogP contribution is 1.83. The molecule has 0 aromatic carbocycles. The van der Waals surface area contributed by atoms with Crippen LogP contribution in [0.2, 0.25) is 0 Å². The lowest BCUT2D eigenvalue weighted by molar-refractivity contribution is -0.129. The molecule has 128 valence electrons. The van der Waals surface area contributed by atoms with Crippen LogP contribution in [-0.4, -0.2) is 62.9 Å². The van der Waals surface area contributed by atoms with E-state index in [1.165, 1.54) is 28.1 Å². The summed E-state index contributed by atoms with van der Waals surface area (Å²) in [5, 5.41) is 4.93. The maximum absolute atomic E-state index is 10.8. The van der Waals surface area contributed by atoms with Gasteiger partial charge >= 0.3 is 0 Å². The molecule has 2 atom stereocenters. The SMILES string of the molecule is COCC(=O)NC(C)C(C)=O.COCC(=O)NC(C)C(C)=O. The highest BCUT2D eigenvalue weighted by Gasteiger charge is 2.10. The lowest BCUT2D eigenvalue weighted by atomic mass is 10.2. The van der Waals surface area contributed by atoms with Gasteiger partial charge in [0, 0.05) is 14.2 Å². The summed E-state index contributed by atoms with van der Waals surface area (Å²) in [6, 6.07) is -0.838. The minimum Gasteiger partial charge on any atom is -0.375 e. The Morgan fingerprint density at radius 1 is 0.773 bits per heavy atom.